The van der Waals surface area contributed by atoms with Gasteiger partial charge in [-0.15, -0.1) is 0 Å². The Morgan fingerprint density at radius 1 is 1.00 bits per heavy atom. The summed E-state index contributed by atoms with van der Waals surface area (Å²) in [5.41, 5.74) is 0. The molecular formula is C14H28N2O3. The van der Waals surface area contributed by atoms with Crippen molar-refractivity contribution in [3.63, 3.8) is 0 Å². The second-order valence-corrected chi connectivity index (χ2v) is 4.97. The van der Waals surface area contributed by atoms with Gasteiger partial charge in [0.05, 0.1) is 13.0 Å². The third-order valence-corrected chi connectivity index (χ3v) is 3.03. The van der Waals surface area contributed by atoms with Gasteiger partial charge in [0, 0.05) is 19.6 Å². The molecule has 0 saturated carbocycles. The first-order valence-corrected chi connectivity index (χ1v) is 7.19. The van der Waals surface area contributed by atoms with Gasteiger partial charge in [-0.2, -0.15) is 0 Å². The van der Waals surface area contributed by atoms with Crippen molar-refractivity contribution < 1.29 is 14.7 Å². The number of likely N-dealkylation sites (N-methyl/N-ethyl adjacent to an activating group) is 1. The Balaban J connectivity index is 4.16. The fraction of sp³-hybridized carbons (Fsp3) is 0.857. The molecule has 0 aromatic carbocycles. The van der Waals surface area contributed by atoms with Crippen LogP contribution in [0.15, 0.2) is 0 Å². The zero-order valence-corrected chi connectivity index (χ0v) is 12.5. The van der Waals surface area contributed by atoms with E-state index < -0.39 is 5.97 Å². The highest BCUT2D eigenvalue weighted by molar-refractivity contribution is 5.78. The molecule has 0 aromatic rings. The molecule has 1 N–H and O–H groups in total. The van der Waals surface area contributed by atoms with E-state index in [2.05, 4.69) is 13.8 Å². The molecule has 0 atom stereocenters. The van der Waals surface area contributed by atoms with Crippen molar-refractivity contribution in [1.29, 1.82) is 0 Å². The topological polar surface area (TPSA) is 60.9 Å². The first-order chi connectivity index (χ1) is 9.01. The van der Waals surface area contributed by atoms with E-state index in [4.69, 9.17) is 5.11 Å². The molecule has 0 heterocycles. The molecule has 0 rings (SSSR count). The maximum Gasteiger partial charge on any atom is 0.304 e. The highest BCUT2D eigenvalue weighted by Gasteiger charge is 2.15. The predicted octanol–water partition coefficient (Wildman–Crippen LogP) is 1.82. The Kier molecular flexibility index (Phi) is 10.2. The smallest absolute Gasteiger partial charge is 0.304 e. The standard InChI is InChI=1S/C14H28N2O3/c1-4-6-9-16(10-7-5-2)13(17)12-15(3)11-8-14(18)19/h4-12H2,1-3H3,(H,18,19). The monoisotopic (exact) mass is 272 g/mol. The van der Waals surface area contributed by atoms with E-state index in [1.807, 2.05) is 4.90 Å². The lowest BCUT2D eigenvalue weighted by Crippen LogP contribution is -2.40. The Hall–Kier alpha value is -1.10. The van der Waals surface area contributed by atoms with Crippen molar-refractivity contribution in [2.75, 3.05) is 33.2 Å². The van der Waals surface area contributed by atoms with Crippen molar-refractivity contribution in [3.05, 3.63) is 0 Å². The van der Waals surface area contributed by atoms with Gasteiger partial charge in [0.15, 0.2) is 0 Å². The highest BCUT2D eigenvalue weighted by Crippen LogP contribution is 2.01. The van der Waals surface area contributed by atoms with Gasteiger partial charge in [-0.25, -0.2) is 0 Å². The molecule has 0 fully saturated rings. The molecule has 0 bridgehead atoms. The number of hydrogen-bond acceptors (Lipinski definition) is 3. The lowest BCUT2D eigenvalue weighted by atomic mass is 10.2. The number of rotatable bonds is 11. The van der Waals surface area contributed by atoms with Crippen LogP contribution in [-0.4, -0.2) is 60.0 Å². The van der Waals surface area contributed by atoms with Crippen LogP contribution in [-0.2, 0) is 9.59 Å². The van der Waals surface area contributed by atoms with Crippen LogP contribution in [0.3, 0.4) is 0 Å². The summed E-state index contributed by atoms with van der Waals surface area (Å²) in [6, 6.07) is 0. The fourth-order valence-electron chi connectivity index (χ4n) is 1.76. The van der Waals surface area contributed by atoms with Crippen LogP contribution in [0, 0.1) is 0 Å². The van der Waals surface area contributed by atoms with E-state index >= 15 is 0 Å². The van der Waals surface area contributed by atoms with E-state index in [9.17, 15) is 9.59 Å². The van der Waals surface area contributed by atoms with E-state index in [1.54, 1.807) is 11.9 Å². The maximum atomic E-state index is 12.1. The lowest BCUT2D eigenvalue weighted by Gasteiger charge is -2.25. The molecule has 0 aromatic heterocycles. The Morgan fingerprint density at radius 3 is 1.95 bits per heavy atom. The Bertz CT molecular complexity index is 261. The zero-order chi connectivity index (χ0) is 14.7. The average Bonchev–Trinajstić information content (AvgIpc) is 2.36. The van der Waals surface area contributed by atoms with Gasteiger partial charge in [-0.05, 0) is 19.9 Å². The van der Waals surface area contributed by atoms with Gasteiger partial charge < -0.3 is 10.0 Å². The van der Waals surface area contributed by atoms with Gasteiger partial charge in [0.1, 0.15) is 0 Å². The van der Waals surface area contributed by atoms with E-state index in [0.29, 0.717) is 13.1 Å². The molecule has 0 spiro atoms. The summed E-state index contributed by atoms with van der Waals surface area (Å²) < 4.78 is 0. The van der Waals surface area contributed by atoms with Crippen LogP contribution in [0.1, 0.15) is 46.0 Å². The minimum atomic E-state index is -0.826. The largest absolute Gasteiger partial charge is 0.481 e. The second kappa shape index (κ2) is 10.8. The summed E-state index contributed by atoms with van der Waals surface area (Å²) in [5, 5.41) is 8.62. The summed E-state index contributed by atoms with van der Waals surface area (Å²) in [7, 11) is 1.79. The Morgan fingerprint density at radius 2 is 1.53 bits per heavy atom. The lowest BCUT2D eigenvalue weighted by molar-refractivity contribution is -0.138. The molecule has 0 aliphatic carbocycles. The fourth-order valence-corrected chi connectivity index (χ4v) is 1.76. The van der Waals surface area contributed by atoms with Crippen molar-refractivity contribution in [2.45, 2.75) is 46.0 Å². The van der Waals surface area contributed by atoms with Gasteiger partial charge in [0.25, 0.3) is 0 Å². The first-order valence-electron chi connectivity index (χ1n) is 7.19. The zero-order valence-electron chi connectivity index (χ0n) is 12.5. The predicted molar refractivity (Wildman–Crippen MR) is 76.1 cm³/mol. The summed E-state index contributed by atoms with van der Waals surface area (Å²) in [5.74, 6) is -0.720. The molecule has 0 radical (unpaired) electrons. The Labute approximate surface area is 116 Å². The third-order valence-electron chi connectivity index (χ3n) is 3.03. The van der Waals surface area contributed by atoms with Crippen molar-refractivity contribution in [3.8, 4) is 0 Å². The van der Waals surface area contributed by atoms with Crippen LogP contribution in [0.25, 0.3) is 0 Å². The highest BCUT2D eigenvalue weighted by atomic mass is 16.4. The van der Waals surface area contributed by atoms with Crippen molar-refractivity contribution >= 4 is 11.9 Å². The summed E-state index contributed by atoms with van der Waals surface area (Å²) in [4.78, 5) is 26.3. The number of carboxylic acids is 1. The number of carbonyl (C=O) groups is 2. The molecule has 19 heavy (non-hydrogen) atoms. The molecule has 1 amide bonds. The molecular weight excluding hydrogens is 244 g/mol. The quantitative estimate of drug-likeness (QED) is 0.623. The van der Waals surface area contributed by atoms with E-state index in [-0.39, 0.29) is 12.3 Å². The van der Waals surface area contributed by atoms with Gasteiger partial charge in [-0.3, -0.25) is 14.5 Å². The van der Waals surface area contributed by atoms with Crippen molar-refractivity contribution in [2.24, 2.45) is 0 Å². The molecule has 112 valence electrons. The first kappa shape index (κ1) is 17.9. The minimum Gasteiger partial charge on any atom is -0.481 e. The summed E-state index contributed by atoms with van der Waals surface area (Å²) >= 11 is 0. The maximum absolute atomic E-state index is 12.1. The van der Waals surface area contributed by atoms with Gasteiger partial charge >= 0.3 is 5.97 Å². The number of aliphatic carboxylic acids is 1. The number of nitrogens with zero attached hydrogens (tertiary/aromatic N) is 2. The number of carbonyl (C=O) groups excluding carboxylic acids is 1. The SMILES string of the molecule is CCCCN(CCCC)C(=O)CN(C)CCC(=O)O. The van der Waals surface area contributed by atoms with Crippen LogP contribution < -0.4 is 0 Å². The molecule has 5 heteroatoms. The van der Waals surface area contributed by atoms with Crippen LogP contribution in [0.4, 0.5) is 0 Å². The third kappa shape index (κ3) is 9.47. The normalized spacial score (nSPS) is 10.7. The summed E-state index contributed by atoms with van der Waals surface area (Å²) in [6.45, 7) is 6.56. The number of unbranched alkanes of at least 4 members (excludes halogenated alkanes) is 2. The van der Waals surface area contributed by atoms with Crippen LogP contribution in [0.5, 0.6) is 0 Å². The minimum absolute atomic E-state index is 0.0771. The molecule has 0 unspecified atom stereocenters. The number of hydrogen-bond donors (Lipinski definition) is 1. The average molecular weight is 272 g/mol. The molecule has 0 aliphatic heterocycles. The van der Waals surface area contributed by atoms with Crippen LogP contribution >= 0.6 is 0 Å². The van der Waals surface area contributed by atoms with Gasteiger partial charge in [-0.1, -0.05) is 26.7 Å². The van der Waals surface area contributed by atoms with Gasteiger partial charge in [0.2, 0.25) is 5.91 Å². The van der Waals surface area contributed by atoms with Crippen LogP contribution in [0.2, 0.25) is 0 Å². The van der Waals surface area contributed by atoms with E-state index in [1.165, 1.54) is 0 Å². The van der Waals surface area contributed by atoms with Crippen molar-refractivity contribution in [1.82, 2.24) is 9.80 Å². The molecule has 5 nitrogen and oxygen atoms in total. The molecule has 0 aliphatic rings. The molecule has 0 saturated heterocycles. The van der Waals surface area contributed by atoms with E-state index in [0.717, 1.165) is 38.8 Å². The summed E-state index contributed by atoms with van der Waals surface area (Å²) in [6.07, 6.45) is 4.27. The number of amides is 1. The number of carboxylic acid groups (broad SMARTS) is 1. The second-order valence-electron chi connectivity index (χ2n) is 4.97.